The van der Waals surface area contributed by atoms with Crippen LogP contribution < -0.4 is 4.74 Å². The van der Waals surface area contributed by atoms with E-state index in [1.807, 2.05) is 0 Å². The molecular formula is C12H14O5. The molecule has 2 N–H and O–H groups in total. The maximum atomic E-state index is 11.3. The summed E-state index contributed by atoms with van der Waals surface area (Å²) in [7, 11) is 0. The Balaban J connectivity index is 2.27. The number of unbranched alkanes of at least 4 members (excludes halogenated alkanes) is 1. The summed E-state index contributed by atoms with van der Waals surface area (Å²) in [6.45, 7) is 0. The van der Waals surface area contributed by atoms with Crippen LogP contribution in [0.1, 0.15) is 25.7 Å². The third kappa shape index (κ3) is 5.55. The molecule has 0 unspecified atom stereocenters. The summed E-state index contributed by atoms with van der Waals surface area (Å²) < 4.78 is 4.96. The third-order valence-corrected chi connectivity index (χ3v) is 2.07. The summed E-state index contributed by atoms with van der Waals surface area (Å²) >= 11 is 0. The Kier molecular flexibility index (Phi) is 5.00. The molecular weight excluding hydrogens is 224 g/mol. The second-order valence-electron chi connectivity index (χ2n) is 3.57. The first-order valence-corrected chi connectivity index (χ1v) is 5.29. The molecule has 92 valence electrons. The summed E-state index contributed by atoms with van der Waals surface area (Å²) in [5, 5.41) is 17.5. The normalized spacial score (nSPS) is 9.88. The van der Waals surface area contributed by atoms with Crippen molar-refractivity contribution in [3.8, 4) is 11.5 Å². The summed E-state index contributed by atoms with van der Waals surface area (Å²) in [6.07, 6.45) is 1.15. The molecule has 1 aromatic rings. The van der Waals surface area contributed by atoms with Crippen LogP contribution in [0.15, 0.2) is 24.3 Å². The van der Waals surface area contributed by atoms with Crippen molar-refractivity contribution in [2.75, 3.05) is 0 Å². The predicted molar refractivity (Wildman–Crippen MR) is 59.8 cm³/mol. The monoisotopic (exact) mass is 238 g/mol. The van der Waals surface area contributed by atoms with E-state index in [1.54, 1.807) is 12.1 Å². The molecule has 0 fully saturated rings. The first-order chi connectivity index (χ1) is 8.08. The van der Waals surface area contributed by atoms with Crippen LogP contribution in [-0.4, -0.2) is 22.2 Å². The van der Waals surface area contributed by atoms with Crippen molar-refractivity contribution in [3.63, 3.8) is 0 Å². The highest BCUT2D eigenvalue weighted by Gasteiger charge is 2.06. The molecule has 5 nitrogen and oxygen atoms in total. The van der Waals surface area contributed by atoms with Crippen LogP contribution in [0.25, 0.3) is 0 Å². The van der Waals surface area contributed by atoms with E-state index >= 15 is 0 Å². The van der Waals surface area contributed by atoms with Gasteiger partial charge in [-0.1, -0.05) is 6.07 Å². The van der Waals surface area contributed by atoms with Crippen molar-refractivity contribution in [1.82, 2.24) is 0 Å². The minimum absolute atomic E-state index is 0.0289. The highest BCUT2D eigenvalue weighted by atomic mass is 16.5. The number of rotatable bonds is 6. The number of hydrogen-bond acceptors (Lipinski definition) is 4. The average Bonchev–Trinajstić information content (AvgIpc) is 2.24. The van der Waals surface area contributed by atoms with E-state index in [4.69, 9.17) is 14.9 Å². The number of phenols is 1. The summed E-state index contributed by atoms with van der Waals surface area (Å²) in [4.78, 5) is 21.5. The van der Waals surface area contributed by atoms with Crippen LogP contribution >= 0.6 is 0 Å². The SMILES string of the molecule is O=C(O)CCCCC(=O)Oc1cccc(O)c1. The lowest BCUT2D eigenvalue weighted by molar-refractivity contribution is -0.138. The Morgan fingerprint density at radius 2 is 1.88 bits per heavy atom. The molecule has 0 aliphatic heterocycles. The van der Waals surface area contributed by atoms with Gasteiger partial charge in [0.15, 0.2) is 0 Å². The molecule has 0 spiro atoms. The van der Waals surface area contributed by atoms with Crippen molar-refractivity contribution in [2.45, 2.75) is 25.7 Å². The fourth-order valence-corrected chi connectivity index (χ4v) is 1.28. The number of phenolic OH excluding ortho intramolecular Hbond substituents is 1. The number of carbonyl (C=O) groups excluding carboxylic acids is 1. The van der Waals surface area contributed by atoms with Crippen molar-refractivity contribution in [3.05, 3.63) is 24.3 Å². The zero-order valence-electron chi connectivity index (χ0n) is 9.26. The number of carboxylic acids is 1. The average molecular weight is 238 g/mol. The van der Waals surface area contributed by atoms with Crippen LogP contribution in [0.5, 0.6) is 11.5 Å². The molecule has 0 saturated heterocycles. The number of benzene rings is 1. The summed E-state index contributed by atoms with van der Waals surface area (Å²) in [6, 6.07) is 5.95. The summed E-state index contributed by atoms with van der Waals surface area (Å²) in [5.41, 5.74) is 0. The molecule has 17 heavy (non-hydrogen) atoms. The van der Waals surface area contributed by atoms with Gasteiger partial charge < -0.3 is 14.9 Å². The maximum Gasteiger partial charge on any atom is 0.311 e. The number of esters is 1. The molecule has 1 aromatic carbocycles. The standard InChI is InChI=1S/C12H14O5/c13-9-4-3-5-10(8-9)17-12(16)7-2-1-6-11(14)15/h3-5,8,13H,1-2,6-7H2,(H,14,15). The highest BCUT2D eigenvalue weighted by molar-refractivity contribution is 5.72. The van der Waals surface area contributed by atoms with Gasteiger partial charge in [-0.15, -0.1) is 0 Å². The topological polar surface area (TPSA) is 83.8 Å². The molecule has 0 bridgehead atoms. The molecule has 0 aromatic heterocycles. The Hall–Kier alpha value is -2.04. The van der Waals surface area contributed by atoms with Crippen molar-refractivity contribution < 1.29 is 24.5 Å². The van der Waals surface area contributed by atoms with Gasteiger partial charge in [0.1, 0.15) is 11.5 Å². The van der Waals surface area contributed by atoms with Crippen molar-refractivity contribution in [2.24, 2.45) is 0 Å². The van der Waals surface area contributed by atoms with E-state index in [0.717, 1.165) is 0 Å². The minimum Gasteiger partial charge on any atom is -0.508 e. The second kappa shape index (κ2) is 6.52. The van der Waals surface area contributed by atoms with Crippen LogP contribution in [-0.2, 0) is 9.59 Å². The van der Waals surface area contributed by atoms with E-state index in [2.05, 4.69) is 0 Å². The predicted octanol–water partition coefficient (Wildman–Crippen LogP) is 1.94. The van der Waals surface area contributed by atoms with Gasteiger partial charge in [-0.05, 0) is 25.0 Å². The number of carboxylic acid groups (broad SMARTS) is 1. The molecule has 0 atom stereocenters. The van der Waals surface area contributed by atoms with Gasteiger partial charge in [-0.2, -0.15) is 0 Å². The third-order valence-electron chi connectivity index (χ3n) is 2.07. The minimum atomic E-state index is -0.869. The summed E-state index contributed by atoms with van der Waals surface area (Å²) in [5.74, 6) is -0.984. The zero-order valence-corrected chi connectivity index (χ0v) is 9.26. The van der Waals surface area contributed by atoms with Gasteiger partial charge >= 0.3 is 11.9 Å². The van der Waals surface area contributed by atoms with E-state index in [-0.39, 0.29) is 24.3 Å². The van der Waals surface area contributed by atoms with Gasteiger partial charge in [0.05, 0.1) is 0 Å². The Morgan fingerprint density at radius 1 is 1.18 bits per heavy atom. The Bertz CT molecular complexity index is 400. The number of hydrogen-bond donors (Lipinski definition) is 2. The fraction of sp³-hybridized carbons (Fsp3) is 0.333. The van der Waals surface area contributed by atoms with Gasteiger partial charge in [-0.25, -0.2) is 0 Å². The van der Waals surface area contributed by atoms with E-state index in [0.29, 0.717) is 12.8 Å². The molecule has 0 radical (unpaired) electrons. The van der Waals surface area contributed by atoms with Crippen LogP contribution in [0.2, 0.25) is 0 Å². The molecule has 0 amide bonds. The first kappa shape index (κ1) is 13.0. The van der Waals surface area contributed by atoms with Gasteiger partial charge in [0.25, 0.3) is 0 Å². The van der Waals surface area contributed by atoms with Crippen LogP contribution in [0, 0.1) is 0 Å². The van der Waals surface area contributed by atoms with Crippen molar-refractivity contribution >= 4 is 11.9 Å². The molecule has 0 heterocycles. The Morgan fingerprint density at radius 3 is 2.53 bits per heavy atom. The highest BCUT2D eigenvalue weighted by Crippen LogP contribution is 2.18. The number of carbonyl (C=O) groups is 2. The lowest BCUT2D eigenvalue weighted by Gasteiger charge is -2.04. The van der Waals surface area contributed by atoms with E-state index in [1.165, 1.54) is 12.1 Å². The molecule has 1 rings (SSSR count). The molecule has 5 heteroatoms. The lowest BCUT2D eigenvalue weighted by atomic mass is 10.2. The number of aliphatic carboxylic acids is 1. The molecule has 0 aliphatic carbocycles. The molecule has 0 saturated carbocycles. The van der Waals surface area contributed by atoms with Crippen LogP contribution in [0.4, 0.5) is 0 Å². The van der Waals surface area contributed by atoms with Crippen LogP contribution in [0.3, 0.4) is 0 Å². The van der Waals surface area contributed by atoms with Gasteiger partial charge in [0, 0.05) is 18.9 Å². The fourth-order valence-electron chi connectivity index (χ4n) is 1.28. The Labute approximate surface area is 98.6 Å². The number of aromatic hydroxyl groups is 1. The lowest BCUT2D eigenvalue weighted by Crippen LogP contribution is -2.07. The maximum absolute atomic E-state index is 11.3. The smallest absolute Gasteiger partial charge is 0.311 e. The zero-order chi connectivity index (χ0) is 12.7. The van der Waals surface area contributed by atoms with Gasteiger partial charge in [-0.3, -0.25) is 9.59 Å². The molecule has 0 aliphatic rings. The second-order valence-corrected chi connectivity index (χ2v) is 3.57. The first-order valence-electron chi connectivity index (χ1n) is 5.29. The van der Waals surface area contributed by atoms with E-state index < -0.39 is 11.9 Å². The largest absolute Gasteiger partial charge is 0.508 e. The quantitative estimate of drug-likeness (QED) is 0.449. The van der Waals surface area contributed by atoms with Gasteiger partial charge in [0.2, 0.25) is 0 Å². The number of ether oxygens (including phenoxy) is 1. The van der Waals surface area contributed by atoms with E-state index in [9.17, 15) is 9.59 Å². The van der Waals surface area contributed by atoms with Crippen molar-refractivity contribution in [1.29, 1.82) is 0 Å².